The summed E-state index contributed by atoms with van der Waals surface area (Å²) in [4.78, 5) is 34.7. The lowest BCUT2D eigenvalue weighted by atomic mass is 10.0. The van der Waals surface area contributed by atoms with E-state index in [9.17, 15) is 24.2 Å². The largest absolute Gasteiger partial charge is 0.472 e. The van der Waals surface area contributed by atoms with Gasteiger partial charge >= 0.3 is 19.8 Å². The van der Waals surface area contributed by atoms with E-state index in [0.29, 0.717) is 12.8 Å². The molecule has 10 nitrogen and oxygen atoms in total. The number of phosphoric ester groups is 1. The van der Waals surface area contributed by atoms with Crippen molar-refractivity contribution in [1.29, 1.82) is 0 Å². The molecule has 0 rings (SSSR count). The highest BCUT2D eigenvalue weighted by atomic mass is 31.2. The van der Waals surface area contributed by atoms with E-state index in [4.69, 9.17) is 19.1 Å². The summed E-state index contributed by atoms with van der Waals surface area (Å²) in [6.45, 7) is 2.35. The summed E-state index contributed by atoms with van der Waals surface area (Å²) in [5.74, 6) is -0.920. The van der Waals surface area contributed by atoms with E-state index in [1.165, 1.54) is 89.9 Å². The highest BCUT2D eigenvalue weighted by molar-refractivity contribution is 7.47. The van der Waals surface area contributed by atoms with Crippen LogP contribution in [-0.4, -0.2) is 65.7 Å². The molecule has 1 unspecified atom stereocenters. The van der Waals surface area contributed by atoms with Crippen molar-refractivity contribution < 1.29 is 47.8 Å². The standard InChI is InChI=1S/C34H67O10P/c1-3-5-7-9-11-13-15-16-18-19-21-23-25-33(37)41-29-32(30-43-45(39,40)42-28-31(36)27-35)44-34(38)26-24-22-20-17-14-12-10-8-6-4-2/h31-32,35-36H,3-30H2,1-2H3,(H,39,40)/t31-,32+/m1/s1. The van der Waals surface area contributed by atoms with Crippen molar-refractivity contribution in [1.82, 2.24) is 0 Å². The first-order chi connectivity index (χ1) is 21.7. The van der Waals surface area contributed by atoms with Gasteiger partial charge in [-0.05, 0) is 12.8 Å². The minimum Gasteiger partial charge on any atom is -0.462 e. The zero-order valence-corrected chi connectivity index (χ0v) is 29.5. The van der Waals surface area contributed by atoms with Crippen molar-refractivity contribution >= 4 is 19.8 Å². The van der Waals surface area contributed by atoms with Gasteiger partial charge in [0.1, 0.15) is 12.7 Å². The molecule has 0 saturated heterocycles. The minimum absolute atomic E-state index is 0.190. The van der Waals surface area contributed by atoms with Crippen LogP contribution in [0.4, 0.5) is 0 Å². The normalized spacial score (nSPS) is 14.2. The summed E-state index contributed by atoms with van der Waals surface area (Å²) >= 11 is 0. The Morgan fingerprint density at radius 3 is 1.38 bits per heavy atom. The number of hydrogen-bond acceptors (Lipinski definition) is 9. The number of unbranched alkanes of at least 4 members (excludes halogenated alkanes) is 20. The van der Waals surface area contributed by atoms with Crippen LogP contribution in [0.3, 0.4) is 0 Å². The Morgan fingerprint density at radius 1 is 0.578 bits per heavy atom. The van der Waals surface area contributed by atoms with Gasteiger partial charge in [-0.15, -0.1) is 0 Å². The quantitative estimate of drug-likeness (QED) is 0.0348. The number of aliphatic hydroxyl groups is 2. The molecule has 0 amide bonds. The summed E-state index contributed by atoms with van der Waals surface area (Å²) < 4.78 is 32.5. The number of hydrogen-bond donors (Lipinski definition) is 3. The first kappa shape index (κ1) is 44.0. The van der Waals surface area contributed by atoms with Gasteiger partial charge in [-0.25, -0.2) is 4.57 Å². The zero-order valence-electron chi connectivity index (χ0n) is 28.6. The van der Waals surface area contributed by atoms with Crippen LogP contribution in [0.5, 0.6) is 0 Å². The third kappa shape index (κ3) is 31.3. The van der Waals surface area contributed by atoms with E-state index in [1.807, 2.05) is 0 Å². The molecular formula is C34H67O10P. The molecule has 0 bridgehead atoms. The molecular weight excluding hydrogens is 599 g/mol. The van der Waals surface area contributed by atoms with Crippen LogP contribution in [-0.2, 0) is 32.7 Å². The van der Waals surface area contributed by atoms with Crippen LogP contribution < -0.4 is 0 Å². The number of carbonyl (C=O) groups excluding carboxylic acids is 2. The van der Waals surface area contributed by atoms with Gasteiger partial charge in [-0.3, -0.25) is 18.6 Å². The fourth-order valence-corrected chi connectivity index (χ4v) is 5.72. The number of ether oxygens (including phenoxy) is 2. The second-order valence-corrected chi connectivity index (χ2v) is 13.7. The fraction of sp³-hybridized carbons (Fsp3) is 0.941. The molecule has 0 heterocycles. The minimum atomic E-state index is -4.60. The molecule has 0 radical (unpaired) electrons. The first-order valence-electron chi connectivity index (χ1n) is 18.0. The number of aliphatic hydroxyl groups excluding tert-OH is 2. The van der Waals surface area contributed by atoms with Crippen molar-refractivity contribution in [2.45, 2.75) is 180 Å². The molecule has 11 heteroatoms. The third-order valence-corrected chi connectivity index (χ3v) is 8.71. The summed E-state index contributed by atoms with van der Waals surface area (Å²) in [5, 5.41) is 18.2. The predicted octanol–water partition coefficient (Wildman–Crippen LogP) is 8.33. The van der Waals surface area contributed by atoms with Crippen molar-refractivity contribution in [3.8, 4) is 0 Å². The van der Waals surface area contributed by atoms with Gasteiger partial charge in [0, 0.05) is 12.8 Å². The van der Waals surface area contributed by atoms with Crippen molar-refractivity contribution in [3.05, 3.63) is 0 Å². The van der Waals surface area contributed by atoms with Crippen LogP contribution in [0, 0.1) is 0 Å². The predicted molar refractivity (Wildman–Crippen MR) is 178 cm³/mol. The molecule has 0 aromatic heterocycles. The van der Waals surface area contributed by atoms with E-state index in [-0.39, 0.29) is 19.4 Å². The van der Waals surface area contributed by atoms with Crippen molar-refractivity contribution in [2.24, 2.45) is 0 Å². The second kappa shape index (κ2) is 31.6. The van der Waals surface area contributed by atoms with Crippen LogP contribution >= 0.6 is 7.82 Å². The van der Waals surface area contributed by atoms with Crippen LogP contribution in [0.1, 0.15) is 168 Å². The molecule has 268 valence electrons. The Bertz CT molecular complexity index is 736. The molecule has 0 aliphatic rings. The van der Waals surface area contributed by atoms with Gasteiger partial charge in [0.2, 0.25) is 0 Å². The Kier molecular flexibility index (Phi) is 30.8. The topological polar surface area (TPSA) is 149 Å². The number of esters is 2. The maximum absolute atomic E-state index is 12.5. The van der Waals surface area contributed by atoms with E-state index in [1.54, 1.807) is 0 Å². The summed E-state index contributed by atoms with van der Waals surface area (Å²) in [6.07, 6.45) is 23.6. The SMILES string of the molecule is CCCCCCCCCCCCCCC(=O)OC[C@@H](COP(=O)(O)OC[C@H](O)CO)OC(=O)CCCCCCCCCCCC. The monoisotopic (exact) mass is 666 g/mol. The Morgan fingerprint density at radius 2 is 0.956 bits per heavy atom. The van der Waals surface area contributed by atoms with E-state index in [2.05, 4.69) is 18.4 Å². The lowest BCUT2D eigenvalue weighted by Crippen LogP contribution is -2.29. The molecule has 0 aromatic rings. The highest BCUT2D eigenvalue weighted by Gasteiger charge is 2.27. The molecule has 0 aliphatic carbocycles. The van der Waals surface area contributed by atoms with Crippen molar-refractivity contribution in [2.75, 3.05) is 26.4 Å². The number of carbonyl (C=O) groups is 2. The molecule has 0 fully saturated rings. The van der Waals surface area contributed by atoms with Gasteiger partial charge in [-0.1, -0.05) is 142 Å². The van der Waals surface area contributed by atoms with Crippen molar-refractivity contribution in [3.63, 3.8) is 0 Å². The van der Waals surface area contributed by atoms with Gasteiger partial charge in [0.05, 0.1) is 19.8 Å². The maximum atomic E-state index is 12.5. The maximum Gasteiger partial charge on any atom is 0.472 e. The lowest BCUT2D eigenvalue weighted by Gasteiger charge is -2.20. The lowest BCUT2D eigenvalue weighted by molar-refractivity contribution is -0.161. The Hall–Kier alpha value is -1.03. The third-order valence-electron chi connectivity index (χ3n) is 7.76. The molecule has 0 aliphatic heterocycles. The molecule has 3 atom stereocenters. The van der Waals surface area contributed by atoms with Crippen LogP contribution in [0.15, 0.2) is 0 Å². The Labute approximate surface area is 273 Å². The molecule has 0 spiro atoms. The summed E-state index contributed by atoms with van der Waals surface area (Å²) in [7, 11) is -4.60. The molecule has 3 N–H and O–H groups in total. The van der Waals surface area contributed by atoms with E-state index >= 15 is 0 Å². The summed E-state index contributed by atoms with van der Waals surface area (Å²) in [6, 6.07) is 0. The number of phosphoric acid groups is 1. The van der Waals surface area contributed by atoms with E-state index < -0.39 is 51.8 Å². The van der Waals surface area contributed by atoms with Gasteiger partial charge < -0.3 is 24.6 Å². The molecule has 0 saturated carbocycles. The first-order valence-corrected chi connectivity index (χ1v) is 19.5. The smallest absolute Gasteiger partial charge is 0.462 e. The number of rotatable bonds is 34. The highest BCUT2D eigenvalue weighted by Crippen LogP contribution is 2.43. The molecule has 45 heavy (non-hydrogen) atoms. The average Bonchev–Trinajstić information content (AvgIpc) is 3.02. The van der Waals surface area contributed by atoms with Crippen LogP contribution in [0.25, 0.3) is 0 Å². The van der Waals surface area contributed by atoms with Gasteiger partial charge in [0.25, 0.3) is 0 Å². The van der Waals surface area contributed by atoms with Gasteiger partial charge in [0.15, 0.2) is 6.10 Å². The van der Waals surface area contributed by atoms with Gasteiger partial charge in [-0.2, -0.15) is 0 Å². The Balaban J connectivity index is 4.37. The second-order valence-electron chi connectivity index (χ2n) is 12.3. The van der Waals surface area contributed by atoms with E-state index in [0.717, 1.165) is 38.5 Å². The summed E-state index contributed by atoms with van der Waals surface area (Å²) in [5.41, 5.74) is 0. The zero-order chi connectivity index (χ0) is 33.4. The average molecular weight is 667 g/mol. The fourth-order valence-electron chi connectivity index (χ4n) is 4.93. The van der Waals surface area contributed by atoms with Crippen LogP contribution in [0.2, 0.25) is 0 Å². The molecule has 0 aromatic carbocycles.